The van der Waals surface area contributed by atoms with Gasteiger partial charge in [0.1, 0.15) is 0 Å². The van der Waals surface area contributed by atoms with Crippen molar-refractivity contribution >= 4 is 39.1 Å². The van der Waals surface area contributed by atoms with Gasteiger partial charge in [-0.25, -0.2) is 0 Å². The molecule has 2 aromatic carbocycles. The molecule has 19 heavy (non-hydrogen) atoms. The van der Waals surface area contributed by atoms with Crippen molar-refractivity contribution in [3.05, 3.63) is 68.1 Å². The van der Waals surface area contributed by atoms with Crippen LogP contribution in [0.1, 0.15) is 24.1 Å². The van der Waals surface area contributed by atoms with E-state index in [-0.39, 0.29) is 6.04 Å². The molecule has 0 aliphatic heterocycles. The van der Waals surface area contributed by atoms with Crippen molar-refractivity contribution in [2.75, 3.05) is 0 Å². The first-order valence-electron chi connectivity index (χ1n) is 5.99. The minimum Gasteiger partial charge on any atom is -0.306 e. The van der Waals surface area contributed by atoms with Crippen LogP contribution in [-0.4, -0.2) is 0 Å². The SMILES string of the molecule is C[C@H](NCc1ccc(Cl)cc1Br)c1ccccc1Cl. The van der Waals surface area contributed by atoms with E-state index in [0.29, 0.717) is 0 Å². The van der Waals surface area contributed by atoms with Crippen LogP contribution in [0.5, 0.6) is 0 Å². The van der Waals surface area contributed by atoms with Gasteiger partial charge in [-0.15, -0.1) is 0 Å². The van der Waals surface area contributed by atoms with Gasteiger partial charge in [-0.05, 0) is 36.2 Å². The Labute approximate surface area is 132 Å². The maximum absolute atomic E-state index is 6.19. The van der Waals surface area contributed by atoms with Crippen LogP contribution in [0.2, 0.25) is 10.0 Å². The van der Waals surface area contributed by atoms with Gasteiger partial charge < -0.3 is 5.32 Å². The molecule has 0 unspecified atom stereocenters. The molecule has 0 amide bonds. The summed E-state index contributed by atoms with van der Waals surface area (Å²) in [6.45, 7) is 2.86. The predicted molar refractivity (Wildman–Crippen MR) is 85.9 cm³/mol. The second-order valence-corrected chi connectivity index (χ2v) is 6.06. The zero-order valence-electron chi connectivity index (χ0n) is 10.5. The van der Waals surface area contributed by atoms with Gasteiger partial charge in [0.2, 0.25) is 0 Å². The van der Waals surface area contributed by atoms with Gasteiger partial charge in [0, 0.05) is 27.1 Å². The van der Waals surface area contributed by atoms with Gasteiger partial charge in [0.05, 0.1) is 0 Å². The minimum absolute atomic E-state index is 0.191. The Morgan fingerprint density at radius 1 is 1.16 bits per heavy atom. The van der Waals surface area contributed by atoms with Crippen LogP contribution >= 0.6 is 39.1 Å². The number of nitrogens with one attached hydrogen (secondary N) is 1. The van der Waals surface area contributed by atoms with E-state index < -0.39 is 0 Å². The van der Waals surface area contributed by atoms with Gasteiger partial charge in [-0.3, -0.25) is 0 Å². The lowest BCUT2D eigenvalue weighted by Gasteiger charge is -2.16. The topological polar surface area (TPSA) is 12.0 Å². The van der Waals surface area contributed by atoms with Crippen LogP contribution in [0, 0.1) is 0 Å². The Kier molecular flexibility index (Phi) is 5.28. The smallest absolute Gasteiger partial charge is 0.0453 e. The molecule has 0 saturated carbocycles. The first kappa shape index (κ1) is 14.9. The van der Waals surface area contributed by atoms with Crippen molar-refractivity contribution in [3.63, 3.8) is 0 Å². The highest BCUT2D eigenvalue weighted by Gasteiger charge is 2.09. The Balaban J connectivity index is 2.04. The molecule has 0 saturated heterocycles. The third kappa shape index (κ3) is 3.96. The summed E-state index contributed by atoms with van der Waals surface area (Å²) in [5.74, 6) is 0. The Morgan fingerprint density at radius 2 is 1.89 bits per heavy atom. The van der Waals surface area contributed by atoms with Crippen LogP contribution in [-0.2, 0) is 6.54 Å². The number of benzene rings is 2. The van der Waals surface area contributed by atoms with E-state index in [9.17, 15) is 0 Å². The second-order valence-electron chi connectivity index (χ2n) is 4.36. The van der Waals surface area contributed by atoms with E-state index in [2.05, 4.69) is 28.2 Å². The van der Waals surface area contributed by atoms with Crippen molar-refractivity contribution in [3.8, 4) is 0 Å². The van der Waals surface area contributed by atoms with E-state index in [1.54, 1.807) is 0 Å². The summed E-state index contributed by atoms with van der Waals surface area (Å²) in [6.07, 6.45) is 0. The first-order valence-corrected chi connectivity index (χ1v) is 7.54. The first-order chi connectivity index (χ1) is 9.08. The fourth-order valence-corrected chi connectivity index (χ4v) is 2.99. The lowest BCUT2D eigenvalue weighted by molar-refractivity contribution is 0.574. The molecule has 1 N–H and O–H groups in total. The Hall–Kier alpha value is -0.540. The fraction of sp³-hybridized carbons (Fsp3) is 0.200. The Morgan fingerprint density at radius 3 is 2.58 bits per heavy atom. The molecular weight excluding hydrogens is 345 g/mol. The van der Waals surface area contributed by atoms with Crippen molar-refractivity contribution < 1.29 is 0 Å². The molecule has 0 spiro atoms. The molecule has 0 bridgehead atoms. The molecule has 2 rings (SSSR count). The average Bonchev–Trinajstić information content (AvgIpc) is 2.38. The summed E-state index contributed by atoms with van der Waals surface area (Å²) >= 11 is 15.6. The predicted octanol–water partition coefficient (Wildman–Crippen LogP) is 5.61. The summed E-state index contributed by atoms with van der Waals surface area (Å²) in [5.41, 5.74) is 2.28. The zero-order chi connectivity index (χ0) is 13.8. The molecule has 0 aliphatic rings. The molecule has 1 nitrogen and oxygen atoms in total. The third-order valence-corrected chi connectivity index (χ3v) is 4.30. The molecular formula is C15H14BrCl2N. The van der Waals surface area contributed by atoms with E-state index >= 15 is 0 Å². The number of hydrogen-bond donors (Lipinski definition) is 1. The lowest BCUT2D eigenvalue weighted by atomic mass is 10.1. The summed E-state index contributed by atoms with van der Waals surface area (Å²) < 4.78 is 1.01. The standard InChI is InChI=1S/C15H14BrCl2N/c1-10(13-4-2-3-5-15(13)18)19-9-11-6-7-12(17)8-14(11)16/h2-8,10,19H,9H2,1H3/t10-/m0/s1. The molecule has 0 radical (unpaired) electrons. The normalized spacial score (nSPS) is 12.4. The maximum atomic E-state index is 6.19. The fourth-order valence-electron chi connectivity index (χ4n) is 1.86. The monoisotopic (exact) mass is 357 g/mol. The highest BCUT2D eigenvalue weighted by atomic mass is 79.9. The largest absolute Gasteiger partial charge is 0.306 e. The molecule has 4 heteroatoms. The number of rotatable bonds is 4. The van der Waals surface area contributed by atoms with Gasteiger partial charge >= 0.3 is 0 Å². The van der Waals surface area contributed by atoms with Crippen LogP contribution in [0.15, 0.2) is 46.9 Å². The molecule has 0 heterocycles. The highest BCUT2D eigenvalue weighted by molar-refractivity contribution is 9.10. The van der Waals surface area contributed by atoms with E-state index in [1.165, 1.54) is 5.56 Å². The molecule has 0 aliphatic carbocycles. The Bertz CT molecular complexity index is 572. The van der Waals surface area contributed by atoms with E-state index in [4.69, 9.17) is 23.2 Å². The highest BCUT2D eigenvalue weighted by Crippen LogP contribution is 2.24. The molecule has 0 aromatic heterocycles. The molecule has 100 valence electrons. The number of halogens is 3. The summed E-state index contributed by atoms with van der Waals surface area (Å²) in [6, 6.07) is 13.9. The van der Waals surface area contributed by atoms with Gasteiger partial charge in [0.15, 0.2) is 0 Å². The van der Waals surface area contributed by atoms with Gasteiger partial charge in [0.25, 0.3) is 0 Å². The van der Waals surface area contributed by atoms with Crippen LogP contribution < -0.4 is 5.32 Å². The van der Waals surface area contributed by atoms with E-state index in [0.717, 1.165) is 26.6 Å². The summed E-state index contributed by atoms with van der Waals surface area (Å²) in [4.78, 5) is 0. The summed E-state index contributed by atoms with van der Waals surface area (Å²) in [7, 11) is 0. The maximum Gasteiger partial charge on any atom is 0.0453 e. The van der Waals surface area contributed by atoms with Gasteiger partial charge in [-0.1, -0.05) is 63.4 Å². The van der Waals surface area contributed by atoms with Gasteiger partial charge in [-0.2, -0.15) is 0 Å². The van der Waals surface area contributed by atoms with Crippen molar-refractivity contribution in [1.29, 1.82) is 0 Å². The molecule has 2 aromatic rings. The minimum atomic E-state index is 0.191. The zero-order valence-corrected chi connectivity index (χ0v) is 13.6. The van der Waals surface area contributed by atoms with Crippen LogP contribution in [0.25, 0.3) is 0 Å². The summed E-state index contributed by atoms with van der Waals surface area (Å²) in [5, 5.41) is 4.98. The third-order valence-electron chi connectivity index (χ3n) is 2.99. The van der Waals surface area contributed by atoms with Crippen molar-refractivity contribution in [2.45, 2.75) is 19.5 Å². The second kappa shape index (κ2) is 6.76. The quantitative estimate of drug-likeness (QED) is 0.749. The van der Waals surface area contributed by atoms with Crippen LogP contribution in [0.4, 0.5) is 0 Å². The number of hydrogen-bond acceptors (Lipinski definition) is 1. The van der Waals surface area contributed by atoms with Crippen molar-refractivity contribution in [1.82, 2.24) is 5.32 Å². The molecule has 1 atom stereocenters. The van der Waals surface area contributed by atoms with Crippen molar-refractivity contribution in [2.24, 2.45) is 0 Å². The average molecular weight is 359 g/mol. The lowest BCUT2D eigenvalue weighted by Crippen LogP contribution is -2.18. The van der Waals surface area contributed by atoms with E-state index in [1.807, 2.05) is 42.5 Å². The molecule has 0 fully saturated rings. The van der Waals surface area contributed by atoms with Crippen LogP contribution in [0.3, 0.4) is 0 Å².